The van der Waals surface area contributed by atoms with Gasteiger partial charge in [0.2, 0.25) is 0 Å². The zero-order chi connectivity index (χ0) is 16.2. The SMILES string of the molecule is CC(C)(C)OC(=O)C[C@H](NC(=O)c1ccc(Br)s1)C(=O)O. The molecule has 0 fully saturated rings. The number of hydrogen-bond acceptors (Lipinski definition) is 5. The van der Waals surface area contributed by atoms with Crippen LogP contribution in [0.1, 0.15) is 36.9 Å². The third-order valence-electron chi connectivity index (χ3n) is 2.19. The van der Waals surface area contributed by atoms with Gasteiger partial charge < -0.3 is 15.2 Å². The topological polar surface area (TPSA) is 92.7 Å². The lowest BCUT2D eigenvalue weighted by Gasteiger charge is -2.21. The van der Waals surface area contributed by atoms with Crippen LogP contribution < -0.4 is 5.32 Å². The Morgan fingerprint density at radius 1 is 1.38 bits per heavy atom. The number of carboxylic acid groups (broad SMARTS) is 1. The molecule has 0 unspecified atom stereocenters. The fourth-order valence-corrected chi connectivity index (χ4v) is 2.70. The molecule has 2 N–H and O–H groups in total. The molecule has 1 aromatic rings. The number of hydrogen-bond donors (Lipinski definition) is 2. The lowest BCUT2D eigenvalue weighted by molar-refractivity contribution is -0.158. The molecule has 0 spiro atoms. The molecule has 0 radical (unpaired) electrons. The lowest BCUT2D eigenvalue weighted by atomic mass is 10.1. The van der Waals surface area contributed by atoms with Gasteiger partial charge in [-0.2, -0.15) is 0 Å². The van der Waals surface area contributed by atoms with Gasteiger partial charge in [0.15, 0.2) is 0 Å². The normalized spacial score (nSPS) is 12.6. The molecule has 0 saturated carbocycles. The van der Waals surface area contributed by atoms with Crippen molar-refractivity contribution in [3.8, 4) is 0 Å². The maximum absolute atomic E-state index is 11.9. The largest absolute Gasteiger partial charge is 0.480 e. The lowest BCUT2D eigenvalue weighted by Crippen LogP contribution is -2.43. The standard InChI is InChI=1S/C13H16BrNO5S/c1-13(2,3)20-10(16)6-7(12(18)19)15-11(17)8-4-5-9(14)21-8/h4-5,7H,6H2,1-3H3,(H,15,17)(H,18,19)/t7-/m0/s1. The van der Waals surface area contributed by atoms with E-state index in [9.17, 15) is 14.4 Å². The zero-order valence-electron chi connectivity index (χ0n) is 11.8. The number of aliphatic carboxylic acids is 1. The third-order valence-corrected chi connectivity index (χ3v) is 3.81. The van der Waals surface area contributed by atoms with Gasteiger partial charge in [-0.25, -0.2) is 4.79 Å². The Hall–Kier alpha value is -1.41. The van der Waals surface area contributed by atoms with E-state index in [-0.39, 0.29) is 0 Å². The van der Waals surface area contributed by atoms with Gasteiger partial charge in [0.1, 0.15) is 11.6 Å². The highest BCUT2D eigenvalue weighted by Gasteiger charge is 2.27. The first-order valence-electron chi connectivity index (χ1n) is 6.09. The molecule has 0 aliphatic heterocycles. The van der Waals surface area contributed by atoms with Gasteiger partial charge in [-0.3, -0.25) is 9.59 Å². The molecule has 21 heavy (non-hydrogen) atoms. The van der Waals surface area contributed by atoms with E-state index in [0.29, 0.717) is 4.88 Å². The van der Waals surface area contributed by atoms with Crippen molar-refractivity contribution in [2.24, 2.45) is 0 Å². The number of amides is 1. The summed E-state index contributed by atoms with van der Waals surface area (Å²) in [5, 5.41) is 11.4. The van der Waals surface area contributed by atoms with E-state index in [1.165, 1.54) is 11.3 Å². The van der Waals surface area contributed by atoms with E-state index in [0.717, 1.165) is 3.79 Å². The van der Waals surface area contributed by atoms with Crippen LogP contribution in [-0.2, 0) is 14.3 Å². The van der Waals surface area contributed by atoms with Crippen LogP contribution in [0.3, 0.4) is 0 Å². The molecule has 116 valence electrons. The van der Waals surface area contributed by atoms with E-state index in [2.05, 4.69) is 21.2 Å². The number of carbonyl (C=O) groups excluding carboxylic acids is 2. The van der Waals surface area contributed by atoms with Gasteiger partial charge in [0, 0.05) is 0 Å². The Morgan fingerprint density at radius 2 is 2.00 bits per heavy atom. The summed E-state index contributed by atoms with van der Waals surface area (Å²) >= 11 is 4.39. The first-order valence-corrected chi connectivity index (χ1v) is 7.70. The summed E-state index contributed by atoms with van der Waals surface area (Å²) in [6, 6.07) is 1.92. The Bertz CT molecular complexity index is 549. The number of carboxylic acids is 1. The predicted molar refractivity (Wildman–Crippen MR) is 81.4 cm³/mol. The number of halogens is 1. The number of rotatable bonds is 5. The summed E-state index contributed by atoms with van der Waals surface area (Å²) in [7, 11) is 0. The van der Waals surface area contributed by atoms with Crippen molar-refractivity contribution in [1.82, 2.24) is 5.32 Å². The van der Waals surface area contributed by atoms with Crippen LogP contribution in [0.5, 0.6) is 0 Å². The summed E-state index contributed by atoms with van der Waals surface area (Å²) in [5.41, 5.74) is -0.706. The predicted octanol–water partition coefficient (Wildman–Crippen LogP) is 2.43. The average Bonchev–Trinajstić information content (AvgIpc) is 2.72. The molecule has 0 saturated heterocycles. The fraction of sp³-hybridized carbons (Fsp3) is 0.462. The van der Waals surface area contributed by atoms with Gasteiger partial charge in [0.05, 0.1) is 15.1 Å². The highest BCUT2D eigenvalue weighted by Crippen LogP contribution is 2.22. The van der Waals surface area contributed by atoms with E-state index in [4.69, 9.17) is 9.84 Å². The van der Waals surface area contributed by atoms with Crippen LogP contribution in [0, 0.1) is 0 Å². The Balaban J connectivity index is 2.68. The van der Waals surface area contributed by atoms with Crippen molar-refractivity contribution >= 4 is 45.1 Å². The van der Waals surface area contributed by atoms with Gasteiger partial charge in [-0.1, -0.05) is 0 Å². The molecule has 6 nitrogen and oxygen atoms in total. The molecule has 1 heterocycles. The smallest absolute Gasteiger partial charge is 0.326 e. The molecule has 0 bridgehead atoms. The zero-order valence-corrected chi connectivity index (χ0v) is 14.2. The molecule has 1 aromatic heterocycles. The monoisotopic (exact) mass is 377 g/mol. The summed E-state index contributed by atoms with van der Waals surface area (Å²) in [5.74, 6) is -2.51. The maximum atomic E-state index is 11.9. The van der Waals surface area contributed by atoms with Gasteiger partial charge >= 0.3 is 11.9 Å². The molecule has 1 atom stereocenters. The van der Waals surface area contributed by atoms with Crippen LogP contribution in [-0.4, -0.2) is 34.6 Å². The van der Waals surface area contributed by atoms with E-state index >= 15 is 0 Å². The molecule has 8 heteroatoms. The number of ether oxygens (including phenoxy) is 1. The fourth-order valence-electron chi connectivity index (χ4n) is 1.42. The van der Waals surface area contributed by atoms with Gasteiger partial charge in [0.25, 0.3) is 5.91 Å². The van der Waals surface area contributed by atoms with Crippen LogP contribution in [0.4, 0.5) is 0 Å². The minimum atomic E-state index is -1.33. The first kappa shape index (κ1) is 17.6. The minimum absolute atomic E-state index is 0.359. The van der Waals surface area contributed by atoms with Crippen molar-refractivity contribution in [1.29, 1.82) is 0 Å². The molecule has 0 aliphatic rings. The van der Waals surface area contributed by atoms with Crippen LogP contribution in [0.15, 0.2) is 15.9 Å². The number of thiophene rings is 1. The summed E-state index contributed by atoms with van der Waals surface area (Å²) in [6.07, 6.45) is -0.426. The van der Waals surface area contributed by atoms with Crippen LogP contribution in [0.25, 0.3) is 0 Å². The van der Waals surface area contributed by atoms with Crippen molar-refractivity contribution < 1.29 is 24.2 Å². The Morgan fingerprint density at radius 3 is 2.43 bits per heavy atom. The highest BCUT2D eigenvalue weighted by atomic mass is 79.9. The molecule has 1 rings (SSSR count). The minimum Gasteiger partial charge on any atom is -0.480 e. The summed E-state index contributed by atoms with van der Waals surface area (Å²) in [6.45, 7) is 5.05. The Labute approximate surface area is 134 Å². The van der Waals surface area contributed by atoms with Crippen molar-refractivity contribution in [2.45, 2.75) is 38.8 Å². The molecule has 0 aromatic carbocycles. The number of carbonyl (C=O) groups is 3. The average molecular weight is 378 g/mol. The van der Waals surface area contributed by atoms with Crippen LogP contribution in [0.2, 0.25) is 0 Å². The number of esters is 1. The third kappa shape index (κ3) is 6.26. The number of nitrogens with one attached hydrogen (secondary N) is 1. The van der Waals surface area contributed by atoms with E-state index < -0.39 is 35.9 Å². The van der Waals surface area contributed by atoms with Crippen LogP contribution >= 0.6 is 27.3 Å². The van der Waals surface area contributed by atoms with Crippen molar-refractivity contribution in [3.63, 3.8) is 0 Å². The maximum Gasteiger partial charge on any atom is 0.326 e. The second kappa shape index (κ2) is 7.04. The van der Waals surface area contributed by atoms with Gasteiger partial charge in [-0.05, 0) is 48.8 Å². The van der Waals surface area contributed by atoms with Gasteiger partial charge in [-0.15, -0.1) is 11.3 Å². The Kier molecular flexibility index (Phi) is 5.91. The quantitative estimate of drug-likeness (QED) is 0.768. The second-order valence-corrected chi connectivity index (χ2v) is 7.72. The first-order chi connectivity index (χ1) is 9.58. The summed E-state index contributed by atoms with van der Waals surface area (Å²) < 4.78 is 5.81. The van der Waals surface area contributed by atoms with E-state index in [1.54, 1.807) is 32.9 Å². The molecule has 0 aliphatic carbocycles. The highest BCUT2D eigenvalue weighted by molar-refractivity contribution is 9.11. The molecular weight excluding hydrogens is 362 g/mol. The van der Waals surface area contributed by atoms with Crippen molar-refractivity contribution in [3.05, 3.63) is 20.8 Å². The van der Waals surface area contributed by atoms with Crippen molar-refractivity contribution in [2.75, 3.05) is 0 Å². The van der Waals surface area contributed by atoms with E-state index in [1.807, 2.05) is 0 Å². The molecular formula is C13H16BrNO5S. The molecule has 1 amide bonds. The summed E-state index contributed by atoms with van der Waals surface area (Å²) in [4.78, 5) is 35.1. The second-order valence-electron chi connectivity index (χ2n) is 5.26.